The van der Waals surface area contributed by atoms with E-state index in [-0.39, 0.29) is 5.91 Å². The Labute approximate surface area is 91.4 Å². The van der Waals surface area contributed by atoms with E-state index in [0.29, 0.717) is 0 Å². The number of nitrogens with one attached hydrogen (secondary N) is 1. The van der Waals surface area contributed by atoms with E-state index in [9.17, 15) is 4.79 Å². The molecular weight excluding hydrogens is 186 g/mol. The quantitative estimate of drug-likeness (QED) is 0.319. The van der Waals surface area contributed by atoms with Gasteiger partial charge in [0.25, 0.3) is 0 Å². The summed E-state index contributed by atoms with van der Waals surface area (Å²) in [6, 6.07) is 0. The van der Waals surface area contributed by atoms with Crippen molar-refractivity contribution in [2.75, 3.05) is 7.05 Å². The monoisotopic (exact) mass is 201 g/mol. The second-order valence-electron chi connectivity index (χ2n) is 2.62. The van der Waals surface area contributed by atoms with Gasteiger partial charge in [-0.05, 0) is 25.2 Å². The molecule has 0 saturated carbocycles. The molecule has 0 radical (unpaired) electrons. The van der Waals surface area contributed by atoms with E-state index in [1.165, 1.54) is 6.08 Å². The zero-order chi connectivity index (χ0) is 11.4. The summed E-state index contributed by atoms with van der Waals surface area (Å²) in [6.45, 7) is 1.76. The normalized spacial score (nSPS) is 9.20. The lowest BCUT2D eigenvalue weighted by Crippen LogP contribution is -2.13. The van der Waals surface area contributed by atoms with Crippen LogP contribution >= 0.6 is 0 Å². The van der Waals surface area contributed by atoms with E-state index in [1.807, 2.05) is 12.2 Å². The number of hydrogen-bond acceptors (Lipinski definition) is 1. The van der Waals surface area contributed by atoms with Crippen molar-refractivity contribution in [1.82, 2.24) is 5.32 Å². The van der Waals surface area contributed by atoms with E-state index >= 15 is 0 Å². The Morgan fingerprint density at radius 3 is 2.80 bits per heavy atom. The van der Waals surface area contributed by atoms with Gasteiger partial charge in [0.2, 0.25) is 5.91 Å². The SMILES string of the molecule is CC#CC#CCC/C=C/C=C/C(=O)NC. The fourth-order valence-electron chi connectivity index (χ4n) is 0.726. The largest absolute Gasteiger partial charge is 0.356 e. The Bertz CT molecular complexity index is 355. The molecule has 0 atom stereocenters. The number of allylic oxidation sites excluding steroid dienone is 3. The van der Waals surface area contributed by atoms with Gasteiger partial charge in [-0.3, -0.25) is 4.79 Å². The van der Waals surface area contributed by atoms with Crippen LogP contribution in [-0.2, 0) is 4.79 Å². The minimum absolute atomic E-state index is 0.0994. The summed E-state index contributed by atoms with van der Waals surface area (Å²) in [7, 11) is 1.60. The van der Waals surface area contributed by atoms with Crippen molar-refractivity contribution in [3.05, 3.63) is 24.3 Å². The molecule has 0 spiro atoms. The lowest BCUT2D eigenvalue weighted by Gasteiger charge is -1.86. The maximum atomic E-state index is 10.7. The highest BCUT2D eigenvalue weighted by Gasteiger charge is 1.83. The molecular formula is C13H15NO. The molecule has 0 aliphatic carbocycles. The van der Waals surface area contributed by atoms with Crippen LogP contribution in [0.5, 0.6) is 0 Å². The van der Waals surface area contributed by atoms with Crippen LogP contribution in [0, 0.1) is 23.7 Å². The summed E-state index contributed by atoms with van der Waals surface area (Å²) in [5, 5.41) is 2.49. The molecule has 0 fully saturated rings. The number of unbranched alkanes of at least 4 members (excludes halogenated alkanes) is 1. The highest BCUT2D eigenvalue weighted by molar-refractivity contribution is 5.87. The third kappa shape index (κ3) is 9.99. The molecule has 0 saturated heterocycles. The van der Waals surface area contributed by atoms with Crippen LogP contribution in [0.25, 0.3) is 0 Å². The van der Waals surface area contributed by atoms with Gasteiger partial charge < -0.3 is 5.32 Å². The molecule has 2 nitrogen and oxygen atoms in total. The standard InChI is InChI=1S/C13H15NO/c1-3-4-5-6-7-8-9-10-11-12-13(15)14-2/h9-12H,7-8H2,1-2H3,(H,14,15)/b10-9+,12-11+. The van der Waals surface area contributed by atoms with E-state index in [1.54, 1.807) is 20.0 Å². The van der Waals surface area contributed by atoms with Gasteiger partial charge in [-0.2, -0.15) is 0 Å². The van der Waals surface area contributed by atoms with Gasteiger partial charge >= 0.3 is 0 Å². The lowest BCUT2D eigenvalue weighted by molar-refractivity contribution is -0.116. The third-order valence-electron chi connectivity index (χ3n) is 1.45. The summed E-state index contributed by atoms with van der Waals surface area (Å²) >= 11 is 0. The van der Waals surface area contributed by atoms with Gasteiger partial charge in [-0.1, -0.05) is 30.1 Å². The van der Waals surface area contributed by atoms with Crippen LogP contribution in [-0.4, -0.2) is 13.0 Å². The van der Waals surface area contributed by atoms with Gasteiger partial charge in [0, 0.05) is 19.5 Å². The molecule has 0 bridgehead atoms. The maximum Gasteiger partial charge on any atom is 0.243 e. The molecule has 1 N–H and O–H groups in total. The molecule has 78 valence electrons. The van der Waals surface area contributed by atoms with Crippen molar-refractivity contribution in [1.29, 1.82) is 0 Å². The van der Waals surface area contributed by atoms with Crippen molar-refractivity contribution < 1.29 is 4.79 Å². The van der Waals surface area contributed by atoms with Gasteiger partial charge in [-0.25, -0.2) is 0 Å². The fraction of sp³-hybridized carbons (Fsp3) is 0.308. The van der Waals surface area contributed by atoms with Crippen molar-refractivity contribution in [3.8, 4) is 23.7 Å². The number of likely N-dealkylation sites (N-methyl/N-ethyl adjacent to an activating group) is 1. The molecule has 0 unspecified atom stereocenters. The van der Waals surface area contributed by atoms with E-state index in [0.717, 1.165) is 12.8 Å². The first-order valence-electron chi connectivity index (χ1n) is 4.75. The summed E-state index contributed by atoms with van der Waals surface area (Å²) in [5.74, 6) is 10.9. The highest BCUT2D eigenvalue weighted by atomic mass is 16.1. The topological polar surface area (TPSA) is 29.1 Å². The molecule has 0 aliphatic heterocycles. The first-order valence-corrected chi connectivity index (χ1v) is 4.75. The number of rotatable bonds is 4. The van der Waals surface area contributed by atoms with Crippen LogP contribution in [0.4, 0.5) is 0 Å². The Hall–Kier alpha value is -1.93. The van der Waals surface area contributed by atoms with E-state index < -0.39 is 0 Å². The number of amides is 1. The van der Waals surface area contributed by atoms with Gasteiger partial charge in [0.15, 0.2) is 0 Å². The van der Waals surface area contributed by atoms with Crippen LogP contribution in [0.3, 0.4) is 0 Å². The van der Waals surface area contributed by atoms with Crippen molar-refractivity contribution in [3.63, 3.8) is 0 Å². The molecule has 0 heterocycles. The molecule has 15 heavy (non-hydrogen) atoms. The first kappa shape index (κ1) is 13.1. The smallest absolute Gasteiger partial charge is 0.243 e. The van der Waals surface area contributed by atoms with E-state index in [4.69, 9.17) is 0 Å². The average molecular weight is 201 g/mol. The first-order chi connectivity index (χ1) is 7.31. The number of hydrogen-bond donors (Lipinski definition) is 1. The Morgan fingerprint density at radius 1 is 1.33 bits per heavy atom. The summed E-state index contributed by atoms with van der Waals surface area (Å²) in [4.78, 5) is 10.7. The fourth-order valence-corrected chi connectivity index (χ4v) is 0.726. The molecule has 2 heteroatoms. The van der Waals surface area contributed by atoms with Crippen LogP contribution in [0.1, 0.15) is 19.8 Å². The summed E-state index contributed by atoms with van der Waals surface area (Å²) in [5.41, 5.74) is 0. The molecule has 1 amide bonds. The van der Waals surface area contributed by atoms with Crippen LogP contribution in [0.15, 0.2) is 24.3 Å². The lowest BCUT2D eigenvalue weighted by atomic mass is 10.3. The Morgan fingerprint density at radius 2 is 2.13 bits per heavy atom. The maximum absolute atomic E-state index is 10.7. The summed E-state index contributed by atoms with van der Waals surface area (Å²) in [6.07, 6.45) is 8.65. The molecule has 0 aromatic heterocycles. The second kappa shape index (κ2) is 10.2. The Balaban J connectivity index is 3.64. The van der Waals surface area contributed by atoms with Gasteiger partial charge in [-0.15, -0.1) is 0 Å². The average Bonchev–Trinajstić information content (AvgIpc) is 2.26. The minimum atomic E-state index is -0.0994. The van der Waals surface area contributed by atoms with Crippen molar-refractivity contribution >= 4 is 5.91 Å². The van der Waals surface area contributed by atoms with E-state index in [2.05, 4.69) is 29.0 Å². The predicted molar refractivity (Wildman–Crippen MR) is 62.8 cm³/mol. The number of carbonyl (C=O) groups is 1. The van der Waals surface area contributed by atoms with Crippen LogP contribution < -0.4 is 5.32 Å². The van der Waals surface area contributed by atoms with Crippen LogP contribution in [0.2, 0.25) is 0 Å². The Kier molecular flexibility index (Phi) is 8.85. The third-order valence-corrected chi connectivity index (χ3v) is 1.45. The molecule has 0 aromatic carbocycles. The molecule has 0 aromatic rings. The highest BCUT2D eigenvalue weighted by Crippen LogP contribution is 1.89. The zero-order valence-corrected chi connectivity index (χ0v) is 9.13. The summed E-state index contributed by atoms with van der Waals surface area (Å²) < 4.78 is 0. The van der Waals surface area contributed by atoms with Crippen molar-refractivity contribution in [2.45, 2.75) is 19.8 Å². The molecule has 0 aliphatic rings. The van der Waals surface area contributed by atoms with Gasteiger partial charge in [0.05, 0.1) is 0 Å². The number of carbonyl (C=O) groups excluding carboxylic acids is 1. The molecule has 0 rings (SSSR count). The second-order valence-corrected chi connectivity index (χ2v) is 2.62. The minimum Gasteiger partial charge on any atom is -0.356 e. The zero-order valence-electron chi connectivity index (χ0n) is 9.13. The van der Waals surface area contributed by atoms with Gasteiger partial charge in [0.1, 0.15) is 0 Å². The predicted octanol–water partition coefficient (Wildman–Crippen LogP) is 1.65. The van der Waals surface area contributed by atoms with Crippen molar-refractivity contribution in [2.24, 2.45) is 0 Å².